The molecule has 3 rings (SSSR count). The van der Waals surface area contributed by atoms with E-state index in [0.29, 0.717) is 18.7 Å². The number of carbonyl (C=O) groups excluding carboxylic acids is 2. The molecular weight excluding hydrogens is 471 g/mol. The molecule has 4 nitrogen and oxygen atoms in total. The van der Waals surface area contributed by atoms with E-state index in [1.165, 1.54) is 23.9 Å². The highest BCUT2D eigenvalue weighted by atomic mass is 32.2. The molecule has 0 aromatic heterocycles. The molecule has 3 aromatic carbocycles. The van der Waals surface area contributed by atoms with Gasteiger partial charge in [0.2, 0.25) is 11.8 Å². The van der Waals surface area contributed by atoms with Crippen molar-refractivity contribution in [1.29, 1.82) is 0 Å². The van der Waals surface area contributed by atoms with E-state index in [-0.39, 0.29) is 23.4 Å². The molecule has 36 heavy (non-hydrogen) atoms. The van der Waals surface area contributed by atoms with Crippen LogP contribution >= 0.6 is 11.8 Å². The van der Waals surface area contributed by atoms with Crippen LogP contribution in [0.15, 0.2) is 78.9 Å². The van der Waals surface area contributed by atoms with Crippen LogP contribution in [0.3, 0.4) is 0 Å². The van der Waals surface area contributed by atoms with E-state index < -0.39 is 11.6 Å². The monoisotopic (exact) mass is 506 g/mol. The maximum Gasteiger partial charge on any atom is 0.243 e. The first-order valence-corrected chi connectivity index (χ1v) is 13.3. The summed E-state index contributed by atoms with van der Waals surface area (Å²) in [4.78, 5) is 29.0. The number of halogens is 1. The van der Waals surface area contributed by atoms with Gasteiger partial charge in [-0.2, -0.15) is 0 Å². The number of hydrogen-bond acceptors (Lipinski definition) is 3. The first-order chi connectivity index (χ1) is 17.1. The zero-order valence-electron chi connectivity index (χ0n) is 21.5. The summed E-state index contributed by atoms with van der Waals surface area (Å²) < 4.78 is 13.2. The van der Waals surface area contributed by atoms with E-state index in [1.807, 2.05) is 82.3 Å². The van der Waals surface area contributed by atoms with Gasteiger partial charge in [-0.1, -0.05) is 66.7 Å². The minimum Gasteiger partial charge on any atom is -0.350 e. The van der Waals surface area contributed by atoms with E-state index in [4.69, 9.17) is 0 Å². The zero-order valence-corrected chi connectivity index (χ0v) is 22.3. The Kier molecular flexibility index (Phi) is 9.71. The number of thioether (sulfide) groups is 1. The molecule has 0 aliphatic carbocycles. The third kappa shape index (κ3) is 8.52. The van der Waals surface area contributed by atoms with Gasteiger partial charge in [-0.05, 0) is 62.1 Å². The van der Waals surface area contributed by atoms with E-state index in [0.717, 1.165) is 22.3 Å². The van der Waals surface area contributed by atoms with Crippen molar-refractivity contribution in [1.82, 2.24) is 10.2 Å². The summed E-state index contributed by atoms with van der Waals surface area (Å²) in [5.41, 5.74) is 3.60. The number of rotatable bonds is 10. The summed E-state index contributed by atoms with van der Waals surface area (Å²) in [6, 6.07) is 23.4. The summed E-state index contributed by atoms with van der Waals surface area (Å²) in [5.74, 6) is 0.254. The van der Waals surface area contributed by atoms with E-state index in [2.05, 4.69) is 5.32 Å². The van der Waals surface area contributed by atoms with Gasteiger partial charge in [-0.25, -0.2) is 4.39 Å². The topological polar surface area (TPSA) is 49.4 Å². The second-order valence-electron chi connectivity index (χ2n) is 10.0. The highest BCUT2D eigenvalue weighted by Gasteiger charge is 2.32. The molecule has 0 saturated heterocycles. The van der Waals surface area contributed by atoms with Gasteiger partial charge in [0.05, 0.1) is 5.75 Å². The Morgan fingerprint density at radius 2 is 1.56 bits per heavy atom. The lowest BCUT2D eigenvalue weighted by atomic mass is 10.00. The predicted octanol–water partition coefficient (Wildman–Crippen LogP) is 5.92. The SMILES string of the molecule is Cc1ccccc1CN(C(=O)CSCc1ccc(F)cc1)[C@H](Cc1ccccc1)C(=O)NC(C)(C)C. The van der Waals surface area contributed by atoms with Crippen LogP contribution in [0.25, 0.3) is 0 Å². The maximum atomic E-state index is 13.7. The fourth-order valence-electron chi connectivity index (χ4n) is 3.90. The van der Waals surface area contributed by atoms with Gasteiger partial charge < -0.3 is 10.2 Å². The number of hydrogen-bond donors (Lipinski definition) is 1. The molecule has 3 aromatic rings. The van der Waals surface area contributed by atoms with Crippen LogP contribution in [0.5, 0.6) is 0 Å². The number of carbonyl (C=O) groups is 2. The molecule has 6 heteroatoms. The van der Waals surface area contributed by atoms with Crippen molar-refractivity contribution >= 4 is 23.6 Å². The third-order valence-electron chi connectivity index (χ3n) is 5.78. The minimum atomic E-state index is -0.662. The lowest BCUT2D eigenvalue weighted by molar-refractivity contribution is -0.140. The zero-order chi connectivity index (χ0) is 26.1. The maximum absolute atomic E-state index is 13.7. The quantitative estimate of drug-likeness (QED) is 0.371. The Morgan fingerprint density at radius 3 is 2.19 bits per heavy atom. The van der Waals surface area contributed by atoms with Crippen molar-refractivity contribution in [2.24, 2.45) is 0 Å². The first kappa shape index (κ1) is 27.5. The van der Waals surface area contributed by atoms with Crippen molar-refractivity contribution in [2.45, 2.75) is 58.0 Å². The summed E-state index contributed by atoms with van der Waals surface area (Å²) >= 11 is 1.47. The Labute approximate surface area is 218 Å². The molecule has 2 amide bonds. The molecule has 1 atom stereocenters. The highest BCUT2D eigenvalue weighted by molar-refractivity contribution is 7.99. The van der Waals surface area contributed by atoms with Gasteiger partial charge in [0.15, 0.2) is 0 Å². The van der Waals surface area contributed by atoms with Crippen LogP contribution < -0.4 is 5.32 Å². The Morgan fingerprint density at radius 1 is 0.917 bits per heavy atom. The largest absolute Gasteiger partial charge is 0.350 e. The van der Waals surface area contributed by atoms with Crippen LogP contribution in [0, 0.1) is 12.7 Å². The number of nitrogens with one attached hydrogen (secondary N) is 1. The van der Waals surface area contributed by atoms with E-state index in [9.17, 15) is 14.0 Å². The average Bonchev–Trinajstić information content (AvgIpc) is 2.83. The average molecular weight is 507 g/mol. The van der Waals surface area contributed by atoms with Crippen LogP contribution in [0.1, 0.15) is 43.0 Å². The lowest BCUT2D eigenvalue weighted by Crippen LogP contribution is -2.54. The standard InChI is InChI=1S/C30H35FN2O2S/c1-22-10-8-9-13-25(22)19-33(28(34)21-36-20-24-14-16-26(31)17-15-24)27(29(35)32-30(2,3)4)18-23-11-6-5-7-12-23/h5-17,27H,18-21H2,1-4H3,(H,32,35)/t27-/m1/s1. The Bertz CT molecular complexity index is 1140. The van der Waals surface area contributed by atoms with Crippen molar-refractivity contribution in [3.05, 3.63) is 107 Å². The molecule has 0 aliphatic rings. The van der Waals surface area contributed by atoms with Crippen molar-refractivity contribution in [2.75, 3.05) is 5.75 Å². The molecule has 1 N–H and O–H groups in total. The second-order valence-corrected chi connectivity index (χ2v) is 11.0. The number of aryl methyl sites for hydroxylation is 1. The summed E-state index contributed by atoms with van der Waals surface area (Å²) in [6.07, 6.45) is 0.420. The highest BCUT2D eigenvalue weighted by Crippen LogP contribution is 2.20. The molecule has 0 aliphatic heterocycles. The van der Waals surface area contributed by atoms with Crippen molar-refractivity contribution < 1.29 is 14.0 Å². The summed E-state index contributed by atoms with van der Waals surface area (Å²) in [7, 11) is 0. The molecule has 0 radical (unpaired) electrons. The molecule has 0 unspecified atom stereocenters. The summed E-state index contributed by atoms with van der Waals surface area (Å²) in [5, 5.41) is 3.09. The fraction of sp³-hybridized carbons (Fsp3) is 0.333. The van der Waals surface area contributed by atoms with Gasteiger partial charge >= 0.3 is 0 Å². The van der Waals surface area contributed by atoms with Crippen LogP contribution in [-0.2, 0) is 28.3 Å². The molecule has 0 heterocycles. The fourth-order valence-corrected chi connectivity index (χ4v) is 4.77. The van der Waals surface area contributed by atoms with Gasteiger partial charge in [-0.3, -0.25) is 9.59 Å². The van der Waals surface area contributed by atoms with Gasteiger partial charge in [0.1, 0.15) is 11.9 Å². The normalized spacial score (nSPS) is 12.1. The molecule has 190 valence electrons. The van der Waals surface area contributed by atoms with Crippen LogP contribution in [0.4, 0.5) is 4.39 Å². The summed E-state index contributed by atoms with van der Waals surface area (Å²) in [6.45, 7) is 8.18. The van der Waals surface area contributed by atoms with Gasteiger partial charge in [0, 0.05) is 24.3 Å². The second kappa shape index (κ2) is 12.7. The molecule has 0 fully saturated rings. The Hall–Kier alpha value is -3.12. The van der Waals surface area contributed by atoms with Crippen molar-refractivity contribution in [3.63, 3.8) is 0 Å². The number of nitrogens with zero attached hydrogens (tertiary/aromatic N) is 1. The Balaban J connectivity index is 1.87. The van der Waals surface area contributed by atoms with Crippen molar-refractivity contribution in [3.8, 4) is 0 Å². The van der Waals surface area contributed by atoms with Gasteiger partial charge in [0.25, 0.3) is 0 Å². The minimum absolute atomic E-state index is 0.102. The third-order valence-corrected chi connectivity index (χ3v) is 6.77. The molecular formula is C30H35FN2O2S. The van der Waals surface area contributed by atoms with Crippen LogP contribution in [-0.4, -0.2) is 34.0 Å². The smallest absolute Gasteiger partial charge is 0.243 e. The van der Waals surface area contributed by atoms with Gasteiger partial charge in [-0.15, -0.1) is 11.8 Å². The first-order valence-electron chi connectivity index (χ1n) is 12.1. The molecule has 0 saturated carbocycles. The molecule has 0 spiro atoms. The molecule has 0 bridgehead atoms. The van der Waals surface area contributed by atoms with E-state index >= 15 is 0 Å². The number of amides is 2. The number of benzene rings is 3. The van der Waals surface area contributed by atoms with Crippen LogP contribution in [0.2, 0.25) is 0 Å². The lowest BCUT2D eigenvalue weighted by Gasteiger charge is -2.34. The van der Waals surface area contributed by atoms with E-state index in [1.54, 1.807) is 17.0 Å². The predicted molar refractivity (Wildman–Crippen MR) is 146 cm³/mol.